The average molecular weight is 512 g/mol. The fraction of sp³-hybridized carbons (Fsp3) is 0.207. The van der Waals surface area contributed by atoms with E-state index in [1.54, 1.807) is 31.0 Å². The molecule has 0 saturated carbocycles. The zero-order valence-electron chi connectivity index (χ0n) is 21.7. The van der Waals surface area contributed by atoms with Gasteiger partial charge < -0.3 is 24.8 Å². The van der Waals surface area contributed by atoms with Crippen LogP contribution in [0, 0.1) is 0 Å². The minimum Gasteiger partial charge on any atom is -0.496 e. The van der Waals surface area contributed by atoms with Gasteiger partial charge in [-0.2, -0.15) is 4.98 Å². The smallest absolute Gasteiger partial charge is 0.255 e. The van der Waals surface area contributed by atoms with E-state index in [1.165, 1.54) is 0 Å². The van der Waals surface area contributed by atoms with Gasteiger partial charge in [0, 0.05) is 5.70 Å². The lowest BCUT2D eigenvalue weighted by atomic mass is 9.95. The predicted molar refractivity (Wildman–Crippen MR) is 146 cm³/mol. The second-order valence-corrected chi connectivity index (χ2v) is 8.63. The van der Waals surface area contributed by atoms with Crippen LogP contribution in [0.15, 0.2) is 84.1 Å². The van der Waals surface area contributed by atoms with Crippen LogP contribution in [0.1, 0.15) is 25.5 Å². The normalized spacial score (nSPS) is 14.4. The molecule has 2 N–H and O–H groups in total. The monoisotopic (exact) mass is 511 g/mol. The number of ether oxygens (including phenoxy) is 3. The van der Waals surface area contributed by atoms with Crippen LogP contribution in [0.25, 0.3) is 11.4 Å². The molecule has 1 aliphatic rings. The van der Waals surface area contributed by atoms with Crippen molar-refractivity contribution in [3.05, 3.63) is 89.6 Å². The minimum atomic E-state index is -0.549. The molecule has 3 aromatic carbocycles. The number of allylic oxidation sites excluding steroid dienone is 1. The minimum absolute atomic E-state index is 0.279. The summed E-state index contributed by atoms with van der Waals surface area (Å²) in [6, 6.07) is 22.0. The van der Waals surface area contributed by atoms with Crippen LogP contribution >= 0.6 is 0 Å². The van der Waals surface area contributed by atoms with E-state index < -0.39 is 6.04 Å². The highest BCUT2D eigenvalue weighted by atomic mass is 16.5. The maximum atomic E-state index is 13.8. The highest BCUT2D eigenvalue weighted by Crippen LogP contribution is 2.39. The second kappa shape index (κ2) is 10.7. The Balaban J connectivity index is 1.60. The molecule has 2 heterocycles. The number of hydrogen-bond donors (Lipinski definition) is 2. The number of amides is 1. The van der Waals surface area contributed by atoms with Gasteiger partial charge >= 0.3 is 0 Å². The molecule has 4 aromatic rings. The Morgan fingerprint density at radius 2 is 1.66 bits per heavy atom. The summed E-state index contributed by atoms with van der Waals surface area (Å²) in [6.45, 7) is 4.36. The number of benzene rings is 3. The third-order valence-corrected chi connectivity index (χ3v) is 6.31. The van der Waals surface area contributed by atoms with Gasteiger partial charge in [-0.3, -0.25) is 4.79 Å². The fourth-order valence-corrected chi connectivity index (χ4v) is 4.55. The Bertz CT molecular complexity index is 1490. The first-order valence-electron chi connectivity index (χ1n) is 12.3. The molecule has 9 nitrogen and oxygen atoms in total. The number of hydrogen-bond acceptors (Lipinski definition) is 7. The Kier molecular flexibility index (Phi) is 6.99. The molecule has 5 rings (SSSR count). The summed E-state index contributed by atoms with van der Waals surface area (Å²) in [4.78, 5) is 18.6. The van der Waals surface area contributed by atoms with Crippen molar-refractivity contribution in [1.82, 2.24) is 14.8 Å². The molecule has 0 saturated heterocycles. The van der Waals surface area contributed by atoms with Crippen LogP contribution in [0.5, 0.6) is 17.2 Å². The zero-order chi connectivity index (χ0) is 26.6. The zero-order valence-corrected chi connectivity index (χ0v) is 21.7. The third kappa shape index (κ3) is 4.66. The van der Waals surface area contributed by atoms with Crippen LogP contribution in [0.3, 0.4) is 0 Å². The van der Waals surface area contributed by atoms with Gasteiger partial charge in [-0.1, -0.05) is 36.4 Å². The van der Waals surface area contributed by atoms with Crippen molar-refractivity contribution < 1.29 is 19.0 Å². The van der Waals surface area contributed by atoms with Crippen LogP contribution in [0.2, 0.25) is 0 Å². The van der Waals surface area contributed by atoms with Gasteiger partial charge in [-0.15, -0.1) is 5.10 Å². The number of fused-ring (bicyclic) bond motifs is 1. The van der Waals surface area contributed by atoms with Crippen molar-refractivity contribution in [2.45, 2.75) is 19.9 Å². The molecule has 1 unspecified atom stereocenters. The van der Waals surface area contributed by atoms with Gasteiger partial charge in [0.1, 0.15) is 23.3 Å². The van der Waals surface area contributed by atoms with Crippen molar-refractivity contribution in [2.24, 2.45) is 0 Å². The summed E-state index contributed by atoms with van der Waals surface area (Å²) < 4.78 is 18.4. The Hall–Kier alpha value is -4.79. The number of carbonyl (C=O) groups is 1. The van der Waals surface area contributed by atoms with Crippen molar-refractivity contribution in [1.29, 1.82) is 0 Å². The summed E-state index contributed by atoms with van der Waals surface area (Å²) in [5.41, 5.74) is 3.36. The molecule has 194 valence electrons. The lowest BCUT2D eigenvalue weighted by Crippen LogP contribution is -2.31. The van der Waals surface area contributed by atoms with Crippen LogP contribution < -0.4 is 24.8 Å². The lowest BCUT2D eigenvalue weighted by Gasteiger charge is -2.29. The number of methoxy groups -OCH3 is 2. The Morgan fingerprint density at radius 3 is 2.37 bits per heavy atom. The van der Waals surface area contributed by atoms with Gasteiger partial charge in [0.05, 0.1) is 37.7 Å². The van der Waals surface area contributed by atoms with Crippen molar-refractivity contribution in [3.63, 3.8) is 0 Å². The number of nitrogens with one attached hydrogen (secondary N) is 2. The van der Waals surface area contributed by atoms with Crippen LogP contribution in [-0.4, -0.2) is 41.5 Å². The highest BCUT2D eigenvalue weighted by Gasteiger charge is 2.35. The lowest BCUT2D eigenvalue weighted by molar-refractivity contribution is -0.113. The first kappa shape index (κ1) is 24.9. The van der Waals surface area contributed by atoms with Gasteiger partial charge in [-0.05, 0) is 55.8 Å². The Morgan fingerprint density at radius 1 is 0.974 bits per heavy atom. The van der Waals surface area contributed by atoms with E-state index >= 15 is 0 Å². The third-order valence-electron chi connectivity index (χ3n) is 6.31. The molecule has 0 bridgehead atoms. The molecule has 0 spiro atoms. The maximum absolute atomic E-state index is 13.8. The average Bonchev–Trinajstić information content (AvgIpc) is 3.36. The maximum Gasteiger partial charge on any atom is 0.255 e. The summed E-state index contributed by atoms with van der Waals surface area (Å²) in [5, 5.41) is 11.1. The summed E-state index contributed by atoms with van der Waals surface area (Å²) in [6.07, 6.45) is 0. The first-order valence-corrected chi connectivity index (χ1v) is 12.3. The number of aromatic nitrogens is 3. The van der Waals surface area contributed by atoms with Crippen LogP contribution in [-0.2, 0) is 4.79 Å². The van der Waals surface area contributed by atoms with Crippen molar-refractivity contribution >= 4 is 17.5 Å². The standard InChI is InChI=1S/C29H29N5O4/c1-5-38-20-16-14-19(15-17-20)26-25(28(35)31-22-11-7-9-13-24(22)37-4)18(2)30-29-32-27(33-34(26)29)21-10-6-8-12-23(21)36-3/h6-17,26H,5H2,1-4H3,(H,31,35)(H,30,32,33). The molecule has 0 aliphatic carbocycles. The summed E-state index contributed by atoms with van der Waals surface area (Å²) in [5.74, 6) is 2.71. The van der Waals surface area contributed by atoms with Crippen molar-refractivity contribution in [3.8, 4) is 28.6 Å². The molecule has 0 radical (unpaired) electrons. The molecule has 38 heavy (non-hydrogen) atoms. The quantitative estimate of drug-likeness (QED) is 0.332. The van der Waals surface area contributed by atoms with E-state index in [2.05, 4.69) is 10.6 Å². The SMILES string of the molecule is CCOc1ccc(C2C(C(=O)Nc3ccccc3OC)=C(C)Nc3nc(-c4ccccc4OC)nn32)cc1. The number of carbonyl (C=O) groups excluding carboxylic acids is 1. The van der Waals surface area contributed by atoms with E-state index in [0.29, 0.717) is 46.8 Å². The molecule has 1 aliphatic heterocycles. The van der Waals surface area contributed by atoms with E-state index in [1.807, 2.05) is 74.5 Å². The molecule has 1 aromatic heterocycles. The molecular formula is C29H29N5O4. The topological polar surface area (TPSA) is 99.5 Å². The number of para-hydroxylation sites is 3. The number of anilines is 2. The van der Waals surface area contributed by atoms with E-state index in [0.717, 1.165) is 16.9 Å². The highest BCUT2D eigenvalue weighted by molar-refractivity contribution is 6.06. The summed E-state index contributed by atoms with van der Waals surface area (Å²) >= 11 is 0. The number of rotatable bonds is 8. The largest absolute Gasteiger partial charge is 0.496 e. The predicted octanol–water partition coefficient (Wildman–Crippen LogP) is 5.29. The van der Waals surface area contributed by atoms with Crippen molar-refractivity contribution in [2.75, 3.05) is 31.5 Å². The second-order valence-electron chi connectivity index (χ2n) is 8.63. The molecule has 9 heteroatoms. The van der Waals surface area contributed by atoms with E-state index in [4.69, 9.17) is 24.3 Å². The van der Waals surface area contributed by atoms with E-state index in [9.17, 15) is 4.79 Å². The molecular weight excluding hydrogens is 482 g/mol. The molecule has 1 atom stereocenters. The molecule has 1 amide bonds. The van der Waals surface area contributed by atoms with Gasteiger partial charge in [0.25, 0.3) is 5.91 Å². The number of nitrogens with zero attached hydrogens (tertiary/aromatic N) is 3. The van der Waals surface area contributed by atoms with Gasteiger partial charge in [0.15, 0.2) is 5.82 Å². The van der Waals surface area contributed by atoms with Gasteiger partial charge in [0.2, 0.25) is 5.95 Å². The van der Waals surface area contributed by atoms with Crippen LogP contribution in [0.4, 0.5) is 11.6 Å². The van der Waals surface area contributed by atoms with E-state index in [-0.39, 0.29) is 5.91 Å². The Labute approximate surface area is 221 Å². The first-order chi connectivity index (χ1) is 18.5. The van der Waals surface area contributed by atoms with Gasteiger partial charge in [-0.25, -0.2) is 4.68 Å². The molecule has 0 fully saturated rings. The fourth-order valence-electron chi connectivity index (χ4n) is 4.55. The summed E-state index contributed by atoms with van der Waals surface area (Å²) in [7, 11) is 3.18.